The average Bonchev–Trinajstić information content (AvgIpc) is 3.40. The van der Waals surface area contributed by atoms with Crippen LogP contribution in [0, 0.1) is 5.92 Å². The number of piperidine rings is 1. The minimum absolute atomic E-state index is 0.0758. The fourth-order valence-corrected chi connectivity index (χ4v) is 4.43. The Labute approximate surface area is 193 Å². The fraction of sp³-hybridized carbons (Fsp3) is 0.269. The van der Waals surface area contributed by atoms with Crippen molar-refractivity contribution in [1.29, 1.82) is 0 Å². The SMILES string of the molecule is O=C(c1ccnc(Cc2ccccc2)c1)N1CCC[C@H](Cc2cncc(-c3ncc[nH]3)n2)C1. The summed E-state index contributed by atoms with van der Waals surface area (Å²) in [5.41, 5.74) is 4.47. The van der Waals surface area contributed by atoms with Crippen LogP contribution in [0.1, 0.15) is 40.2 Å². The van der Waals surface area contributed by atoms with E-state index in [1.165, 1.54) is 5.56 Å². The molecule has 1 fully saturated rings. The first kappa shape index (κ1) is 21.0. The predicted octanol–water partition coefficient (Wildman–Crippen LogP) is 3.95. The molecule has 1 saturated heterocycles. The van der Waals surface area contributed by atoms with Crippen LogP contribution in [0.4, 0.5) is 0 Å². The normalized spacial score (nSPS) is 16.0. The summed E-state index contributed by atoms with van der Waals surface area (Å²) in [6.45, 7) is 1.51. The van der Waals surface area contributed by atoms with Crippen molar-refractivity contribution in [3.05, 3.63) is 96.0 Å². The Morgan fingerprint density at radius 2 is 1.97 bits per heavy atom. The smallest absolute Gasteiger partial charge is 0.253 e. The van der Waals surface area contributed by atoms with E-state index in [1.807, 2.05) is 41.4 Å². The zero-order valence-electron chi connectivity index (χ0n) is 18.4. The molecule has 33 heavy (non-hydrogen) atoms. The zero-order valence-corrected chi connectivity index (χ0v) is 18.4. The van der Waals surface area contributed by atoms with Gasteiger partial charge in [-0.1, -0.05) is 30.3 Å². The largest absolute Gasteiger partial charge is 0.343 e. The van der Waals surface area contributed by atoms with Gasteiger partial charge in [-0.15, -0.1) is 0 Å². The van der Waals surface area contributed by atoms with Crippen LogP contribution in [-0.2, 0) is 12.8 Å². The standard InChI is InChI=1S/C26H26N6O/c33-26(21-8-9-28-22(15-21)13-19-5-2-1-3-6-19)32-12-4-7-20(18-32)14-23-16-27-17-24(31-23)25-29-10-11-30-25/h1-3,5-6,8-11,15-17,20H,4,7,12-14,18H2,(H,29,30)/t20-/m1/s1. The molecule has 166 valence electrons. The lowest BCUT2D eigenvalue weighted by Crippen LogP contribution is -2.40. The predicted molar refractivity (Wildman–Crippen MR) is 125 cm³/mol. The lowest BCUT2D eigenvalue weighted by Gasteiger charge is -2.32. The summed E-state index contributed by atoms with van der Waals surface area (Å²) in [5, 5.41) is 0. The van der Waals surface area contributed by atoms with Gasteiger partial charge in [0.2, 0.25) is 0 Å². The average molecular weight is 439 g/mol. The second kappa shape index (κ2) is 9.73. The van der Waals surface area contributed by atoms with E-state index in [-0.39, 0.29) is 5.91 Å². The number of aromatic nitrogens is 5. The third-order valence-corrected chi connectivity index (χ3v) is 6.02. The van der Waals surface area contributed by atoms with Crippen molar-refractivity contribution in [3.63, 3.8) is 0 Å². The fourth-order valence-electron chi connectivity index (χ4n) is 4.43. The maximum atomic E-state index is 13.3. The topological polar surface area (TPSA) is 87.7 Å². The highest BCUT2D eigenvalue weighted by Gasteiger charge is 2.25. The Morgan fingerprint density at radius 1 is 1.06 bits per heavy atom. The van der Waals surface area contributed by atoms with Crippen molar-refractivity contribution in [2.24, 2.45) is 5.92 Å². The lowest BCUT2D eigenvalue weighted by molar-refractivity contribution is 0.0672. The number of nitrogens with zero attached hydrogens (tertiary/aromatic N) is 5. The van der Waals surface area contributed by atoms with Gasteiger partial charge in [-0.3, -0.25) is 14.8 Å². The molecule has 4 heterocycles. The molecule has 7 heteroatoms. The first-order valence-electron chi connectivity index (χ1n) is 11.3. The molecule has 0 spiro atoms. The minimum atomic E-state index is 0.0758. The maximum absolute atomic E-state index is 13.3. The molecule has 0 bridgehead atoms. The molecule has 1 N–H and O–H groups in total. The third-order valence-electron chi connectivity index (χ3n) is 6.02. The van der Waals surface area contributed by atoms with Crippen LogP contribution in [0.3, 0.4) is 0 Å². The van der Waals surface area contributed by atoms with E-state index in [9.17, 15) is 4.79 Å². The van der Waals surface area contributed by atoms with Gasteiger partial charge in [0.15, 0.2) is 5.82 Å². The van der Waals surface area contributed by atoms with Crippen LogP contribution >= 0.6 is 0 Å². The maximum Gasteiger partial charge on any atom is 0.253 e. The Balaban J connectivity index is 1.25. The quantitative estimate of drug-likeness (QED) is 0.493. The van der Waals surface area contributed by atoms with E-state index < -0.39 is 0 Å². The number of nitrogens with one attached hydrogen (secondary N) is 1. The molecule has 5 rings (SSSR count). The number of likely N-dealkylation sites (tertiary alicyclic amines) is 1. The van der Waals surface area contributed by atoms with E-state index in [0.29, 0.717) is 17.3 Å². The molecule has 3 aromatic heterocycles. The van der Waals surface area contributed by atoms with E-state index >= 15 is 0 Å². The highest BCUT2D eigenvalue weighted by molar-refractivity contribution is 5.94. The Kier molecular flexibility index (Phi) is 6.19. The number of hydrogen-bond donors (Lipinski definition) is 1. The molecular formula is C26H26N6O. The number of rotatable bonds is 6. The highest BCUT2D eigenvalue weighted by atomic mass is 16.2. The summed E-state index contributed by atoms with van der Waals surface area (Å²) in [7, 11) is 0. The van der Waals surface area contributed by atoms with Crippen molar-refractivity contribution in [3.8, 4) is 11.5 Å². The van der Waals surface area contributed by atoms with Gasteiger partial charge in [0, 0.05) is 55.6 Å². The van der Waals surface area contributed by atoms with E-state index in [0.717, 1.165) is 55.9 Å². The first-order chi connectivity index (χ1) is 16.2. The van der Waals surface area contributed by atoms with Crippen molar-refractivity contribution < 1.29 is 4.79 Å². The summed E-state index contributed by atoms with van der Waals surface area (Å²) >= 11 is 0. The van der Waals surface area contributed by atoms with Gasteiger partial charge in [0.05, 0.1) is 11.9 Å². The van der Waals surface area contributed by atoms with Gasteiger partial charge in [-0.2, -0.15) is 0 Å². The molecule has 1 amide bonds. The van der Waals surface area contributed by atoms with Gasteiger partial charge < -0.3 is 9.88 Å². The van der Waals surface area contributed by atoms with Crippen LogP contribution in [0.15, 0.2) is 73.4 Å². The molecule has 0 unspecified atom stereocenters. The van der Waals surface area contributed by atoms with E-state index in [1.54, 1.807) is 24.8 Å². The second-order valence-corrected chi connectivity index (χ2v) is 8.50. The summed E-state index contributed by atoms with van der Waals surface area (Å²) in [5.74, 6) is 1.15. The summed E-state index contributed by atoms with van der Waals surface area (Å²) in [6, 6.07) is 13.9. The van der Waals surface area contributed by atoms with Crippen molar-refractivity contribution >= 4 is 5.91 Å². The van der Waals surface area contributed by atoms with Crippen LogP contribution in [-0.4, -0.2) is 48.8 Å². The van der Waals surface area contributed by atoms with Gasteiger partial charge in [-0.25, -0.2) is 9.97 Å². The summed E-state index contributed by atoms with van der Waals surface area (Å²) in [4.78, 5) is 36.1. The van der Waals surface area contributed by atoms with Gasteiger partial charge in [0.1, 0.15) is 5.69 Å². The molecule has 1 atom stereocenters. The van der Waals surface area contributed by atoms with Crippen LogP contribution in [0.5, 0.6) is 0 Å². The number of hydrogen-bond acceptors (Lipinski definition) is 5. The number of pyridine rings is 1. The van der Waals surface area contributed by atoms with Crippen molar-refractivity contribution in [1.82, 2.24) is 29.8 Å². The molecule has 4 aromatic rings. The van der Waals surface area contributed by atoms with E-state index in [4.69, 9.17) is 4.98 Å². The van der Waals surface area contributed by atoms with Crippen molar-refractivity contribution in [2.75, 3.05) is 13.1 Å². The molecule has 1 aliphatic heterocycles. The number of H-pyrrole nitrogens is 1. The zero-order chi connectivity index (χ0) is 22.5. The molecule has 1 aromatic carbocycles. The Hall–Kier alpha value is -3.87. The third kappa shape index (κ3) is 5.14. The number of carbonyl (C=O) groups excluding carboxylic acids is 1. The summed E-state index contributed by atoms with van der Waals surface area (Å²) in [6.07, 6.45) is 12.3. The molecule has 0 aliphatic carbocycles. The number of imidazole rings is 1. The number of benzene rings is 1. The molecule has 1 aliphatic rings. The highest BCUT2D eigenvalue weighted by Crippen LogP contribution is 2.23. The van der Waals surface area contributed by atoms with E-state index in [2.05, 4.69) is 32.1 Å². The summed E-state index contributed by atoms with van der Waals surface area (Å²) < 4.78 is 0. The Morgan fingerprint density at radius 3 is 2.82 bits per heavy atom. The number of carbonyl (C=O) groups is 1. The Bertz CT molecular complexity index is 1210. The molecular weight excluding hydrogens is 412 g/mol. The first-order valence-corrected chi connectivity index (χ1v) is 11.3. The molecule has 0 saturated carbocycles. The number of aromatic amines is 1. The van der Waals surface area contributed by atoms with Crippen LogP contribution in [0.25, 0.3) is 11.5 Å². The monoisotopic (exact) mass is 438 g/mol. The molecule has 0 radical (unpaired) electrons. The van der Waals surface area contributed by atoms with Crippen LogP contribution in [0.2, 0.25) is 0 Å². The van der Waals surface area contributed by atoms with Crippen LogP contribution < -0.4 is 0 Å². The lowest BCUT2D eigenvalue weighted by atomic mass is 9.93. The van der Waals surface area contributed by atoms with Gasteiger partial charge >= 0.3 is 0 Å². The van der Waals surface area contributed by atoms with Crippen molar-refractivity contribution in [2.45, 2.75) is 25.7 Å². The minimum Gasteiger partial charge on any atom is -0.343 e. The second-order valence-electron chi connectivity index (χ2n) is 8.50. The number of amides is 1. The van der Waals surface area contributed by atoms with Gasteiger partial charge in [-0.05, 0) is 42.9 Å². The van der Waals surface area contributed by atoms with Gasteiger partial charge in [0.25, 0.3) is 5.91 Å². The molecule has 7 nitrogen and oxygen atoms in total.